The zero-order valence-corrected chi connectivity index (χ0v) is 13.7. The maximum Gasteiger partial charge on any atom is 0.416 e. The van der Waals surface area contributed by atoms with Crippen molar-refractivity contribution in [2.24, 2.45) is 0 Å². The van der Waals surface area contributed by atoms with Crippen LogP contribution in [0.25, 0.3) is 0 Å². The van der Waals surface area contributed by atoms with Crippen molar-refractivity contribution in [1.82, 2.24) is 14.9 Å². The largest absolute Gasteiger partial charge is 0.434 e. The van der Waals surface area contributed by atoms with Gasteiger partial charge < -0.3 is 14.7 Å². The van der Waals surface area contributed by atoms with Gasteiger partial charge in [0.05, 0.1) is 18.9 Å². The number of aliphatic hydroxyl groups is 1. The number of alkyl halides is 3. The van der Waals surface area contributed by atoms with Gasteiger partial charge in [-0.25, -0.2) is 23.5 Å². The molecule has 1 aromatic carbocycles. The fourth-order valence-electron chi connectivity index (χ4n) is 1.75. The molecule has 1 aromatic heterocycles. The predicted molar refractivity (Wildman–Crippen MR) is 82.2 cm³/mol. The van der Waals surface area contributed by atoms with Crippen LogP contribution in [0.3, 0.4) is 0 Å². The summed E-state index contributed by atoms with van der Waals surface area (Å²) < 4.78 is 68.4. The van der Waals surface area contributed by atoms with Crippen LogP contribution >= 0.6 is 0 Å². The molecule has 0 aliphatic heterocycles. The summed E-state index contributed by atoms with van der Waals surface area (Å²) in [6, 6.07) is 1.59. The van der Waals surface area contributed by atoms with E-state index in [1.165, 1.54) is 0 Å². The Morgan fingerprint density at radius 3 is 2.59 bits per heavy atom. The number of nitrogens with zero attached hydrogens (tertiary/aromatic N) is 3. The SMILES string of the molecule is CN(C[C@@H](O)C(F)(F)F)C(=O)Nc1cnc(Oc2cc(F)ccc2F)cn1. The van der Waals surface area contributed by atoms with Crippen molar-refractivity contribution in [3.05, 3.63) is 42.2 Å². The molecule has 146 valence electrons. The Bertz CT molecular complexity index is 801. The molecule has 7 nitrogen and oxygen atoms in total. The van der Waals surface area contributed by atoms with Crippen LogP contribution in [0.1, 0.15) is 0 Å². The van der Waals surface area contributed by atoms with Gasteiger partial charge >= 0.3 is 12.2 Å². The van der Waals surface area contributed by atoms with E-state index in [1.54, 1.807) is 0 Å². The molecular formula is C15H13F5N4O3. The summed E-state index contributed by atoms with van der Waals surface area (Å²) in [5.41, 5.74) is 0. The Labute approximate surface area is 149 Å². The molecule has 27 heavy (non-hydrogen) atoms. The van der Waals surface area contributed by atoms with E-state index in [9.17, 15) is 26.7 Å². The number of benzene rings is 1. The minimum Gasteiger partial charge on any atom is -0.434 e. The molecule has 0 saturated carbocycles. The van der Waals surface area contributed by atoms with Crippen molar-refractivity contribution < 1.29 is 36.6 Å². The van der Waals surface area contributed by atoms with E-state index in [0.717, 1.165) is 37.6 Å². The quantitative estimate of drug-likeness (QED) is 0.764. The van der Waals surface area contributed by atoms with Crippen LogP contribution in [0.2, 0.25) is 0 Å². The number of urea groups is 1. The van der Waals surface area contributed by atoms with Crippen LogP contribution in [-0.2, 0) is 0 Å². The normalized spacial score (nSPS) is 12.4. The minimum absolute atomic E-state index is 0.139. The van der Waals surface area contributed by atoms with Crippen LogP contribution in [0.5, 0.6) is 11.6 Å². The van der Waals surface area contributed by atoms with Crippen molar-refractivity contribution in [2.75, 3.05) is 18.9 Å². The molecule has 0 bridgehead atoms. The van der Waals surface area contributed by atoms with Crippen molar-refractivity contribution in [1.29, 1.82) is 0 Å². The maximum absolute atomic E-state index is 13.5. The molecule has 2 aromatic rings. The van der Waals surface area contributed by atoms with E-state index >= 15 is 0 Å². The lowest BCUT2D eigenvalue weighted by Crippen LogP contribution is -2.43. The number of ether oxygens (including phenoxy) is 1. The van der Waals surface area contributed by atoms with Gasteiger partial charge in [0.15, 0.2) is 23.5 Å². The number of nitrogens with one attached hydrogen (secondary N) is 1. The number of aromatic nitrogens is 2. The van der Waals surface area contributed by atoms with Gasteiger partial charge in [-0.05, 0) is 12.1 Å². The third-order valence-electron chi connectivity index (χ3n) is 3.14. The molecule has 2 N–H and O–H groups in total. The van der Waals surface area contributed by atoms with Crippen LogP contribution < -0.4 is 10.1 Å². The fraction of sp³-hybridized carbons (Fsp3) is 0.267. The first-order chi connectivity index (χ1) is 12.6. The Hall–Kier alpha value is -3.02. The number of likely N-dealkylation sites (N-methyl/N-ethyl adjacent to an activating group) is 1. The lowest BCUT2D eigenvalue weighted by Gasteiger charge is -2.22. The molecule has 0 saturated heterocycles. The van der Waals surface area contributed by atoms with Crippen molar-refractivity contribution in [3.63, 3.8) is 0 Å². The third kappa shape index (κ3) is 5.74. The highest BCUT2D eigenvalue weighted by atomic mass is 19.4. The summed E-state index contributed by atoms with van der Waals surface area (Å²) >= 11 is 0. The van der Waals surface area contributed by atoms with Crippen LogP contribution in [0.15, 0.2) is 30.6 Å². The number of carbonyl (C=O) groups excluding carboxylic acids is 1. The van der Waals surface area contributed by atoms with E-state index < -0.39 is 42.2 Å². The van der Waals surface area contributed by atoms with Gasteiger partial charge in [-0.15, -0.1) is 0 Å². The summed E-state index contributed by atoms with van der Waals surface area (Å²) in [6.45, 7) is -0.983. The van der Waals surface area contributed by atoms with E-state index in [-0.39, 0.29) is 11.7 Å². The lowest BCUT2D eigenvalue weighted by molar-refractivity contribution is -0.205. The van der Waals surface area contributed by atoms with Gasteiger partial charge in [0.2, 0.25) is 5.88 Å². The minimum atomic E-state index is -4.86. The zero-order valence-electron chi connectivity index (χ0n) is 13.7. The smallest absolute Gasteiger partial charge is 0.416 e. The summed E-state index contributed by atoms with van der Waals surface area (Å²) in [4.78, 5) is 19.8. The van der Waals surface area contributed by atoms with Crippen LogP contribution in [0, 0.1) is 11.6 Å². The standard InChI is InChI=1S/C15H13F5N4O3/c1-24(7-11(25)15(18,19)20)14(26)23-12-5-22-13(6-21-12)27-10-4-8(16)2-3-9(10)17/h2-6,11,25H,7H2,1H3,(H,21,23,26)/t11-/m1/s1. The molecule has 0 aliphatic rings. The predicted octanol–water partition coefficient (Wildman–Crippen LogP) is 2.93. The Morgan fingerprint density at radius 1 is 1.30 bits per heavy atom. The van der Waals surface area contributed by atoms with E-state index in [1.807, 2.05) is 0 Å². The van der Waals surface area contributed by atoms with Crippen LogP contribution in [0.4, 0.5) is 32.6 Å². The number of amides is 2. The zero-order chi connectivity index (χ0) is 20.2. The molecule has 0 fully saturated rings. The van der Waals surface area contributed by atoms with Crippen molar-refractivity contribution in [3.8, 4) is 11.6 Å². The number of carbonyl (C=O) groups is 1. The number of rotatable bonds is 5. The topological polar surface area (TPSA) is 87.6 Å². The summed E-state index contributed by atoms with van der Waals surface area (Å²) in [6.07, 6.45) is -5.57. The van der Waals surface area contributed by atoms with E-state index in [2.05, 4.69) is 15.3 Å². The van der Waals surface area contributed by atoms with E-state index in [0.29, 0.717) is 4.90 Å². The monoisotopic (exact) mass is 392 g/mol. The highest BCUT2D eigenvalue weighted by molar-refractivity contribution is 5.87. The Kier molecular flexibility index (Phi) is 6.10. The molecule has 2 amide bonds. The molecule has 0 radical (unpaired) electrons. The fourth-order valence-corrected chi connectivity index (χ4v) is 1.75. The average Bonchev–Trinajstić information content (AvgIpc) is 2.58. The highest BCUT2D eigenvalue weighted by Crippen LogP contribution is 2.24. The first-order valence-electron chi connectivity index (χ1n) is 7.28. The van der Waals surface area contributed by atoms with Gasteiger partial charge in [0.25, 0.3) is 0 Å². The van der Waals surface area contributed by atoms with Crippen molar-refractivity contribution in [2.45, 2.75) is 12.3 Å². The Morgan fingerprint density at radius 2 is 2.00 bits per heavy atom. The summed E-state index contributed by atoms with van der Waals surface area (Å²) in [5, 5.41) is 11.1. The first kappa shape index (κ1) is 20.3. The molecule has 2 rings (SSSR count). The summed E-state index contributed by atoms with van der Waals surface area (Å²) in [7, 11) is 1.04. The van der Waals surface area contributed by atoms with Crippen LogP contribution in [-0.4, -0.2) is 51.9 Å². The van der Waals surface area contributed by atoms with Gasteiger partial charge in [-0.1, -0.05) is 0 Å². The molecular weight excluding hydrogens is 379 g/mol. The number of aliphatic hydroxyl groups excluding tert-OH is 1. The third-order valence-corrected chi connectivity index (χ3v) is 3.14. The number of hydrogen-bond donors (Lipinski definition) is 2. The molecule has 1 heterocycles. The number of halogens is 5. The molecule has 12 heteroatoms. The van der Waals surface area contributed by atoms with E-state index in [4.69, 9.17) is 9.84 Å². The van der Waals surface area contributed by atoms with Gasteiger partial charge in [-0.3, -0.25) is 5.32 Å². The second kappa shape index (κ2) is 8.12. The van der Waals surface area contributed by atoms with Gasteiger partial charge in [-0.2, -0.15) is 13.2 Å². The average molecular weight is 392 g/mol. The molecule has 0 aliphatic carbocycles. The lowest BCUT2D eigenvalue weighted by atomic mass is 10.3. The first-order valence-corrected chi connectivity index (χ1v) is 7.28. The Balaban J connectivity index is 1.97. The summed E-state index contributed by atoms with van der Waals surface area (Å²) in [5.74, 6) is -2.34. The van der Waals surface area contributed by atoms with Gasteiger partial charge in [0, 0.05) is 13.1 Å². The highest BCUT2D eigenvalue weighted by Gasteiger charge is 2.39. The van der Waals surface area contributed by atoms with Gasteiger partial charge in [0.1, 0.15) is 5.82 Å². The second-order valence-electron chi connectivity index (χ2n) is 5.28. The number of anilines is 1. The maximum atomic E-state index is 13.5. The van der Waals surface area contributed by atoms with Crippen molar-refractivity contribution >= 4 is 11.8 Å². The number of hydrogen-bond acceptors (Lipinski definition) is 5. The second-order valence-corrected chi connectivity index (χ2v) is 5.28. The molecule has 0 spiro atoms. The molecule has 1 atom stereocenters. The molecule has 0 unspecified atom stereocenters.